The molecular formula is C17H16Cl2N2O3S3. The molecular weight excluding hydrogens is 447 g/mol. The van der Waals surface area contributed by atoms with E-state index < -0.39 is 21.7 Å². The fourth-order valence-corrected chi connectivity index (χ4v) is 4.35. The third-order valence-electron chi connectivity index (χ3n) is 3.68. The predicted molar refractivity (Wildman–Crippen MR) is 115 cm³/mol. The lowest BCUT2D eigenvalue weighted by molar-refractivity contribution is -0.121. The number of thiol groups is 1. The second kappa shape index (κ2) is 9.75. The Morgan fingerprint density at radius 3 is 2.04 bits per heavy atom. The van der Waals surface area contributed by atoms with Crippen LogP contribution in [0.15, 0.2) is 53.4 Å². The van der Waals surface area contributed by atoms with Crippen molar-refractivity contribution >= 4 is 68.1 Å². The van der Waals surface area contributed by atoms with Crippen LogP contribution in [0.4, 0.5) is 0 Å². The van der Waals surface area contributed by atoms with Crippen molar-refractivity contribution in [3.63, 3.8) is 0 Å². The second-order valence-corrected chi connectivity index (χ2v) is 9.73. The maximum atomic E-state index is 12.8. The van der Waals surface area contributed by atoms with Crippen LogP contribution in [0.1, 0.15) is 17.9 Å². The van der Waals surface area contributed by atoms with Crippen LogP contribution in [0.3, 0.4) is 0 Å². The number of amides is 1. The molecule has 0 radical (unpaired) electrons. The molecule has 0 aromatic heterocycles. The number of halogens is 2. The second-order valence-electron chi connectivity index (χ2n) is 5.67. The number of thiocarbonyl (C=S) groups is 1. The molecule has 2 N–H and O–H groups in total. The summed E-state index contributed by atoms with van der Waals surface area (Å²) < 4.78 is 25.7. The molecule has 0 bridgehead atoms. The maximum absolute atomic E-state index is 12.8. The van der Waals surface area contributed by atoms with Crippen LogP contribution >= 0.6 is 48.0 Å². The van der Waals surface area contributed by atoms with Gasteiger partial charge in [0.1, 0.15) is 4.32 Å². The Bertz CT molecular complexity index is 917. The van der Waals surface area contributed by atoms with Crippen LogP contribution in [0.25, 0.3) is 0 Å². The monoisotopic (exact) mass is 462 g/mol. The van der Waals surface area contributed by atoms with Crippen molar-refractivity contribution in [1.82, 2.24) is 10.9 Å². The SMILES string of the molecule is O=C(CC(CS(=O)(=O)c1ccc(Cl)cc1)c1ccc(Cl)cc1)NNC(=S)S. The van der Waals surface area contributed by atoms with Gasteiger partial charge in [-0.05, 0) is 42.0 Å². The van der Waals surface area contributed by atoms with E-state index in [4.69, 9.17) is 35.4 Å². The molecule has 144 valence electrons. The lowest BCUT2D eigenvalue weighted by Crippen LogP contribution is -2.39. The van der Waals surface area contributed by atoms with Crippen molar-refractivity contribution in [3.05, 3.63) is 64.1 Å². The summed E-state index contributed by atoms with van der Waals surface area (Å²) in [6.07, 6.45) is -0.0716. The molecule has 0 fully saturated rings. The molecule has 27 heavy (non-hydrogen) atoms. The molecule has 10 heteroatoms. The van der Waals surface area contributed by atoms with E-state index in [1.165, 1.54) is 24.3 Å². The van der Waals surface area contributed by atoms with Gasteiger partial charge in [0, 0.05) is 22.4 Å². The highest BCUT2D eigenvalue weighted by molar-refractivity contribution is 8.11. The highest BCUT2D eigenvalue weighted by Crippen LogP contribution is 2.27. The van der Waals surface area contributed by atoms with Gasteiger partial charge in [-0.2, -0.15) is 0 Å². The number of nitrogens with one attached hydrogen (secondary N) is 2. The standard InChI is InChI=1S/C17H16Cl2N2O3S3/c18-13-3-1-11(2-4-13)12(9-16(22)20-21-17(25)26)10-27(23,24)15-7-5-14(19)6-8-15/h1-8,12H,9-10H2,(H,20,22)(H2,21,25,26). The molecule has 2 aromatic carbocycles. The van der Waals surface area contributed by atoms with Crippen molar-refractivity contribution in [3.8, 4) is 0 Å². The van der Waals surface area contributed by atoms with Crippen LogP contribution in [0.5, 0.6) is 0 Å². The maximum Gasteiger partial charge on any atom is 0.238 e. The first-order valence-electron chi connectivity index (χ1n) is 7.69. The topological polar surface area (TPSA) is 75.3 Å². The summed E-state index contributed by atoms with van der Waals surface area (Å²) in [6.45, 7) is 0. The van der Waals surface area contributed by atoms with E-state index in [0.29, 0.717) is 15.6 Å². The van der Waals surface area contributed by atoms with Crippen molar-refractivity contribution in [2.24, 2.45) is 0 Å². The number of rotatable bonds is 6. The van der Waals surface area contributed by atoms with Gasteiger partial charge in [-0.25, -0.2) is 8.42 Å². The molecule has 0 saturated carbocycles. The van der Waals surface area contributed by atoms with E-state index in [2.05, 4.69) is 23.5 Å². The Balaban J connectivity index is 2.25. The molecule has 5 nitrogen and oxygen atoms in total. The van der Waals surface area contributed by atoms with Gasteiger partial charge in [0.2, 0.25) is 5.91 Å². The minimum absolute atomic E-state index is 0.0716. The smallest absolute Gasteiger partial charge is 0.238 e. The van der Waals surface area contributed by atoms with Gasteiger partial charge in [-0.3, -0.25) is 15.6 Å². The van der Waals surface area contributed by atoms with Gasteiger partial charge in [0.25, 0.3) is 0 Å². The zero-order chi connectivity index (χ0) is 20.0. The summed E-state index contributed by atoms with van der Waals surface area (Å²) in [5, 5.41) is 0.959. The number of hydrogen-bond donors (Lipinski definition) is 3. The van der Waals surface area contributed by atoms with E-state index in [1.807, 2.05) is 0 Å². The first-order chi connectivity index (χ1) is 12.7. The summed E-state index contributed by atoms with van der Waals surface area (Å²) >= 11 is 20.3. The summed E-state index contributed by atoms with van der Waals surface area (Å²) in [5.41, 5.74) is 5.49. The number of hydrogen-bond acceptors (Lipinski definition) is 4. The van der Waals surface area contributed by atoms with E-state index in [0.717, 1.165) is 0 Å². The molecule has 0 saturated heterocycles. The average molecular weight is 463 g/mol. The van der Waals surface area contributed by atoms with Crippen LogP contribution in [-0.2, 0) is 14.6 Å². The van der Waals surface area contributed by atoms with E-state index in [1.54, 1.807) is 24.3 Å². The molecule has 1 unspecified atom stereocenters. The van der Waals surface area contributed by atoms with Gasteiger partial charge >= 0.3 is 0 Å². The normalized spacial score (nSPS) is 12.3. The number of carbonyl (C=O) groups is 1. The third-order valence-corrected chi connectivity index (χ3v) is 6.22. The number of benzene rings is 2. The number of carbonyl (C=O) groups excluding carboxylic acids is 1. The Labute approximate surface area is 178 Å². The molecule has 1 atom stereocenters. The van der Waals surface area contributed by atoms with Crippen molar-refractivity contribution < 1.29 is 13.2 Å². The first-order valence-corrected chi connectivity index (χ1v) is 11.0. The Morgan fingerprint density at radius 2 is 1.52 bits per heavy atom. The molecule has 0 aliphatic carbocycles. The minimum Gasteiger partial charge on any atom is -0.283 e. The van der Waals surface area contributed by atoms with E-state index in [-0.39, 0.29) is 21.4 Å². The van der Waals surface area contributed by atoms with Gasteiger partial charge in [0.05, 0.1) is 10.6 Å². The molecule has 0 spiro atoms. The van der Waals surface area contributed by atoms with Crippen LogP contribution in [-0.4, -0.2) is 24.4 Å². The Morgan fingerprint density at radius 1 is 1.00 bits per heavy atom. The van der Waals surface area contributed by atoms with Gasteiger partial charge in [-0.1, -0.05) is 47.6 Å². The van der Waals surface area contributed by atoms with Crippen molar-refractivity contribution in [2.75, 3.05) is 5.75 Å². The van der Waals surface area contributed by atoms with Crippen molar-refractivity contribution in [1.29, 1.82) is 0 Å². The molecule has 2 rings (SSSR count). The predicted octanol–water partition coefficient (Wildman–Crippen LogP) is 3.78. The van der Waals surface area contributed by atoms with Crippen LogP contribution in [0, 0.1) is 0 Å². The summed E-state index contributed by atoms with van der Waals surface area (Å²) in [4.78, 5) is 12.3. The van der Waals surface area contributed by atoms with E-state index in [9.17, 15) is 13.2 Å². The largest absolute Gasteiger partial charge is 0.283 e. The van der Waals surface area contributed by atoms with Crippen molar-refractivity contribution in [2.45, 2.75) is 17.2 Å². The van der Waals surface area contributed by atoms with Gasteiger partial charge in [-0.15, -0.1) is 12.6 Å². The highest BCUT2D eigenvalue weighted by Gasteiger charge is 2.25. The fraction of sp³-hybridized carbons (Fsp3) is 0.176. The Kier molecular flexibility index (Phi) is 7.93. The molecule has 0 aliphatic rings. The summed E-state index contributed by atoms with van der Waals surface area (Å²) in [7, 11) is -3.64. The number of hydrazine groups is 1. The number of sulfone groups is 1. The molecule has 1 amide bonds. The van der Waals surface area contributed by atoms with Crippen LogP contribution in [0.2, 0.25) is 10.0 Å². The third kappa shape index (κ3) is 6.97. The highest BCUT2D eigenvalue weighted by atomic mass is 35.5. The Hall–Kier alpha value is -1.32. The van der Waals surface area contributed by atoms with Crippen LogP contribution < -0.4 is 10.9 Å². The average Bonchev–Trinajstić information content (AvgIpc) is 2.60. The summed E-state index contributed by atoms with van der Waals surface area (Å²) in [6, 6.07) is 12.6. The minimum atomic E-state index is -3.64. The summed E-state index contributed by atoms with van der Waals surface area (Å²) in [5.74, 6) is -1.26. The lowest BCUT2D eigenvalue weighted by atomic mass is 9.97. The van der Waals surface area contributed by atoms with Gasteiger partial charge in [0.15, 0.2) is 9.84 Å². The van der Waals surface area contributed by atoms with E-state index >= 15 is 0 Å². The molecule has 0 heterocycles. The zero-order valence-electron chi connectivity index (χ0n) is 13.9. The first kappa shape index (κ1) is 22.0. The lowest BCUT2D eigenvalue weighted by Gasteiger charge is -2.18. The fourth-order valence-electron chi connectivity index (χ4n) is 2.41. The zero-order valence-corrected chi connectivity index (χ0v) is 17.9. The van der Waals surface area contributed by atoms with Gasteiger partial charge < -0.3 is 0 Å². The quantitative estimate of drug-likeness (QED) is 0.346. The molecule has 2 aromatic rings. The molecule has 0 aliphatic heterocycles.